The van der Waals surface area contributed by atoms with Crippen molar-refractivity contribution in [1.82, 2.24) is 10.4 Å². The van der Waals surface area contributed by atoms with Gasteiger partial charge in [-0.3, -0.25) is 9.78 Å². The minimum absolute atomic E-state index is 0.215. The van der Waals surface area contributed by atoms with E-state index in [-0.39, 0.29) is 16.7 Å². The SMILES string of the molecule is CC(C)(C)c1cc(C=NNC(=O)c2cccnc2)cc(C(C)(C)C)c1O. The molecule has 1 amide bonds. The Morgan fingerprint density at radius 2 is 1.69 bits per heavy atom. The minimum Gasteiger partial charge on any atom is -0.507 e. The van der Waals surface area contributed by atoms with Gasteiger partial charge in [-0.1, -0.05) is 41.5 Å². The molecule has 0 saturated carbocycles. The lowest BCUT2D eigenvalue weighted by Crippen LogP contribution is -2.19. The fraction of sp³-hybridized carbons (Fsp3) is 0.381. The number of aromatic nitrogens is 1. The summed E-state index contributed by atoms with van der Waals surface area (Å²) in [6, 6.07) is 7.19. The van der Waals surface area contributed by atoms with Crippen LogP contribution in [0.1, 0.15) is 68.6 Å². The van der Waals surface area contributed by atoms with E-state index in [1.165, 1.54) is 6.20 Å². The Hall–Kier alpha value is -2.69. The quantitative estimate of drug-likeness (QED) is 0.643. The summed E-state index contributed by atoms with van der Waals surface area (Å²) < 4.78 is 0. The third-order valence-electron chi connectivity index (χ3n) is 4.05. The number of carbonyl (C=O) groups excluding carboxylic acids is 1. The number of pyridine rings is 1. The van der Waals surface area contributed by atoms with Crippen LogP contribution in [0.5, 0.6) is 5.75 Å². The molecule has 1 aromatic heterocycles. The molecular weight excluding hydrogens is 326 g/mol. The van der Waals surface area contributed by atoms with E-state index in [0.29, 0.717) is 11.3 Å². The first-order valence-electron chi connectivity index (χ1n) is 8.61. The Morgan fingerprint density at radius 1 is 1.12 bits per heavy atom. The summed E-state index contributed by atoms with van der Waals surface area (Å²) in [6.45, 7) is 12.3. The average molecular weight is 353 g/mol. The molecule has 0 bridgehead atoms. The van der Waals surface area contributed by atoms with E-state index in [1.807, 2.05) is 12.1 Å². The number of phenolic OH excluding ortho intramolecular Hbond substituents is 1. The van der Waals surface area contributed by atoms with Crippen LogP contribution >= 0.6 is 0 Å². The number of nitrogens with zero attached hydrogens (tertiary/aromatic N) is 2. The molecule has 138 valence electrons. The van der Waals surface area contributed by atoms with Crippen molar-refractivity contribution in [1.29, 1.82) is 0 Å². The van der Waals surface area contributed by atoms with E-state index in [1.54, 1.807) is 24.5 Å². The van der Waals surface area contributed by atoms with E-state index >= 15 is 0 Å². The molecule has 0 spiro atoms. The predicted molar refractivity (Wildman–Crippen MR) is 105 cm³/mol. The van der Waals surface area contributed by atoms with Crippen LogP contribution in [-0.2, 0) is 10.8 Å². The largest absolute Gasteiger partial charge is 0.507 e. The minimum atomic E-state index is -0.319. The molecule has 0 fully saturated rings. The molecule has 1 heterocycles. The number of hydrazone groups is 1. The van der Waals surface area contributed by atoms with Crippen LogP contribution in [-0.4, -0.2) is 22.2 Å². The van der Waals surface area contributed by atoms with Gasteiger partial charge in [-0.2, -0.15) is 5.10 Å². The summed E-state index contributed by atoms with van der Waals surface area (Å²) in [4.78, 5) is 16.0. The van der Waals surface area contributed by atoms with Crippen molar-refractivity contribution in [2.24, 2.45) is 5.10 Å². The molecule has 0 aliphatic rings. The summed E-state index contributed by atoms with van der Waals surface area (Å²) in [7, 11) is 0. The molecule has 2 aromatic rings. The molecule has 5 heteroatoms. The average Bonchev–Trinajstić information content (AvgIpc) is 2.54. The lowest BCUT2D eigenvalue weighted by atomic mass is 9.78. The molecule has 0 atom stereocenters. The van der Waals surface area contributed by atoms with Crippen LogP contribution in [0, 0.1) is 0 Å². The van der Waals surface area contributed by atoms with Crippen LogP contribution in [0.4, 0.5) is 0 Å². The maximum atomic E-state index is 12.0. The fourth-order valence-electron chi connectivity index (χ4n) is 2.60. The van der Waals surface area contributed by atoms with Gasteiger partial charge in [-0.25, -0.2) is 5.43 Å². The van der Waals surface area contributed by atoms with Crippen LogP contribution in [0.15, 0.2) is 41.8 Å². The van der Waals surface area contributed by atoms with Gasteiger partial charge in [0, 0.05) is 23.5 Å². The maximum absolute atomic E-state index is 12.0. The smallest absolute Gasteiger partial charge is 0.272 e. The summed E-state index contributed by atoms with van der Waals surface area (Å²) in [6.07, 6.45) is 4.69. The number of hydrogen-bond donors (Lipinski definition) is 2. The Labute approximate surface area is 155 Å². The molecule has 0 radical (unpaired) electrons. The monoisotopic (exact) mass is 353 g/mol. The summed E-state index contributed by atoms with van der Waals surface area (Å²) in [5.41, 5.74) is 5.05. The van der Waals surface area contributed by atoms with E-state index in [2.05, 4.69) is 57.1 Å². The van der Waals surface area contributed by atoms with Crippen LogP contribution < -0.4 is 5.43 Å². The van der Waals surface area contributed by atoms with Gasteiger partial charge < -0.3 is 5.11 Å². The highest BCUT2D eigenvalue weighted by Crippen LogP contribution is 2.39. The predicted octanol–water partition coefficient (Wildman–Crippen LogP) is 4.15. The number of phenols is 1. The molecule has 2 rings (SSSR count). The first-order valence-corrected chi connectivity index (χ1v) is 8.61. The molecule has 26 heavy (non-hydrogen) atoms. The summed E-state index contributed by atoms with van der Waals surface area (Å²) in [5, 5.41) is 14.8. The highest BCUT2D eigenvalue weighted by Gasteiger charge is 2.26. The molecular formula is C21H27N3O2. The van der Waals surface area contributed by atoms with E-state index < -0.39 is 0 Å². The lowest BCUT2D eigenvalue weighted by Gasteiger charge is -2.27. The first kappa shape index (κ1) is 19.6. The van der Waals surface area contributed by atoms with Crippen molar-refractivity contribution < 1.29 is 9.90 Å². The Bertz CT molecular complexity index is 778. The zero-order valence-corrected chi connectivity index (χ0v) is 16.3. The molecule has 0 saturated heterocycles. The van der Waals surface area contributed by atoms with Gasteiger partial charge in [0.25, 0.3) is 5.91 Å². The second-order valence-corrected chi connectivity index (χ2v) is 8.41. The second-order valence-electron chi connectivity index (χ2n) is 8.41. The van der Waals surface area contributed by atoms with Gasteiger partial charge in [0.1, 0.15) is 5.75 Å². The Morgan fingerprint density at radius 3 is 2.15 bits per heavy atom. The summed E-state index contributed by atoms with van der Waals surface area (Å²) in [5.74, 6) is 0.00163. The Balaban J connectivity index is 2.33. The van der Waals surface area contributed by atoms with Gasteiger partial charge >= 0.3 is 0 Å². The van der Waals surface area contributed by atoms with E-state index in [9.17, 15) is 9.90 Å². The van der Waals surface area contributed by atoms with E-state index in [0.717, 1.165) is 16.7 Å². The number of carbonyl (C=O) groups is 1. The van der Waals surface area contributed by atoms with Crippen molar-refractivity contribution in [3.63, 3.8) is 0 Å². The van der Waals surface area contributed by atoms with Crippen molar-refractivity contribution in [2.45, 2.75) is 52.4 Å². The number of rotatable bonds is 3. The van der Waals surface area contributed by atoms with Gasteiger partial charge in [0.15, 0.2) is 0 Å². The highest BCUT2D eigenvalue weighted by molar-refractivity contribution is 5.94. The second kappa shape index (κ2) is 7.28. The third kappa shape index (κ3) is 4.69. The number of nitrogens with one attached hydrogen (secondary N) is 1. The Kier molecular flexibility index (Phi) is 5.50. The number of aromatic hydroxyl groups is 1. The van der Waals surface area contributed by atoms with Crippen LogP contribution in [0.25, 0.3) is 0 Å². The maximum Gasteiger partial charge on any atom is 0.272 e. The van der Waals surface area contributed by atoms with Gasteiger partial charge in [-0.05, 0) is 40.7 Å². The molecule has 5 nitrogen and oxygen atoms in total. The van der Waals surface area contributed by atoms with Crippen LogP contribution in [0.2, 0.25) is 0 Å². The van der Waals surface area contributed by atoms with Crippen LogP contribution in [0.3, 0.4) is 0 Å². The third-order valence-corrected chi connectivity index (χ3v) is 4.05. The molecule has 0 unspecified atom stereocenters. The molecule has 1 aromatic carbocycles. The van der Waals surface area contributed by atoms with Crippen molar-refractivity contribution >= 4 is 12.1 Å². The molecule has 2 N–H and O–H groups in total. The standard InChI is InChI=1S/C21H27N3O2/c1-20(2,3)16-10-14(11-17(18(16)25)21(4,5)6)12-23-24-19(26)15-8-7-9-22-13-15/h7-13,25H,1-6H3,(H,24,26). The topological polar surface area (TPSA) is 74.6 Å². The zero-order valence-electron chi connectivity index (χ0n) is 16.3. The fourth-order valence-corrected chi connectivity index (χ4v) is 2.60. The first-order chi connectivity index (χ1) is 12.0. The lowest BCUT2D eigenvalue weighted by molar-refractivity contribution is 0.0954. The highest BCUT2D eigenvalue weighted by atomic mass is 16.3. The molecule has 0 aliphatic carbocycles. The number of hydrogen-bond acceptors (Lipinski definition) is 4. The zero-order chi connectivity index (χ0) is 19.5. The number of amides is 1. The van der Waals surface area contributed by atoms with Crippen molar-refractivity contribution in [2.75, 3.05) is 0 Å². The molecule has 0 aliphatic heterocycles. The summed E-state index contributed by atoms with van der Waals surface area (Å²) >= 11 is 0. The van der Waals surface area contributed by atoms with Gasteiger partial charge in [-0.15, -0.1) is 0 Å². The number of benzene rings is 1. The van der Waals surface area contributed by atoms with Crippen molar-refractivity contribution in [3.05, 3.63) is 58.9 Å². The van der Waals surface area contributed by atoms with Gasteiger partial charge in [0.05, 0.1) is 11.8 Å². The normalized spacial score (nSPS) is 12.4. The van der Waals surface area contributed by atoms with Gasteiger partial charge in [0.2, 0.25) is 0 Å². The van der Waals surface area contributed by atoms with E-state index in [4.69, 9.17) is 0 Å². The van der Waals surface area contributed by atoms with Crippen molar-refractivity contribution in [3.8, 4) is 5.75 Å².